The maximum Gasteiger partial charge on any atom is 0.00700 e. The van der Waals surface area contributed by atoms with Crippen LogP contribution in [-0.2, 0) is 0 Å². The van der Waals surface area contributed by atoms with Crippen molar-refractivity contribution in [1.82, 2.24) is 14.7 Å². The molecular formula is C30H53N3. The number of nitrogens with zero attached hydrogens (tertiary/aromatic N) is 3. The molecule has 3 aliphatic heterocycles. The summed E-state index contributed by atoms with van der Waals surface area (Å²) in [4.78, 5) is 8.52. The number of hydrogen-bond donors (Lipinski definition) is 0. The van der Waals surface area contributed by atoms with Gasteiger partial charge in [0.25, 0.3) is 0 Å². The number of rotatable bonds is 7. The Labute approximate surface area is 205 Å². The van der Waals surface area contributed by atoms with E-state index in [0.29, 0.717) is 5.41 Å². The van der Waals surface area contributed by atoms with Crippen molar-refractivity contribution in [3.63, 3.8) is 0 Å². The summed E-state index contributed by atoms with van der Waals surface area (Å²) in [6.07, 6.45) is 18.1. The smallest absolute Gasteiger partial charge is 0.00700 e. The van der Waals surface area contributed by atoms with E-state index in [9.17, 15) is 0 Å². The van der Waals surface area contributed by atoms with E-state index in [0.717, 1.165) is 40.8 Å². The van der Waals surface area contributed by atoms with E-state index in [1.54, 1.807) is 0 Å². The van der Waals surface area contributed by atoms with Gasteiger partial charge >= 0.3 is 0 Å². The van der Waals surface area contributed by atoms with Crippen LogP contribution >= 0.6 is 0 Å². The second-order valence-corrected chi connectivity index (χ2v) is 14.6. The van der Waals surface area contributed by atoms with Crippen LogP contribution in [0, 0.1) is 28.1 Å². The third-order valence-corrected chi connectivity index (χ3v) is 12.1. The van der Waals surface area contributed by atoms with Gasteiger partial charge in [-0.25, -0.2) is 0 Å². The van der Waals surface area contributed by atoms with E-state index in [-0.39, 0.29) is 0 Å². The molecule has 0 aromatic carbocycles. The van der Waals surface area contributed by atoms with Gasteiger partial charge in [0.05, 0.1) is 0 Å². The molecule has 3 spiro atoms. The average molecular weight is 456 g/mol. The van der Waals surface area contributed by atoms with Gasteiger partial charge in [-0.15, -0.1) is 0 Å². The zero-order chi connectivity index (χ0) is 22.8. The quantitative estimate of drug-likeness (QED) is 0.464. The molecule has 33 heavy (non-hydrogen) atoms. The second-order valence-electron chi connectivity index (χ2n) is 14.6. The summed E-state index contributed by atoms with van der Waals surface area (Å²) in [5, 5.41) is 0. The topological polar surface area (TPSA) is 9.72 Å². The van der Waals surface area contributed by atoms with Crippen LogP contribution in [0.5, 0.6) is 0 Å². The first-order valence-corrected chi connectivity index (χ1v) is 15.0. The van der Waals surface area contributed by atoms with Gasteiger partial charge in [0.2, 0.25) is 0 Å². The SMILES string of the molecule is CC(C)N1CCC2(CC2CC(C)N2CCC3(CCC(CC(C)N4CCC5(CC4)CC5)C3)C2)C1. The summed E-state index contributed by atoms with van der Waals surface area (Å²) in [7, 11) is 0. The van der Waals surface area contributed by atoms with Crippen LogP contribution < -0.4 is 0 Å². The fraction of sp³-hybridized carbons (Fsp3) is 1.00. The van der Waals surface area contributed by atoms with Crippen molar-refractivity contribution in [3.05, 3.63) is 0 Å². The minimum absolute atomic E-state index is 0.682. The normalized spacial score (nSPS) is 42.8. The molecule has 6 aliphatic rings. The summed E-state index contributed by atoms with van der Waals surface area (Å²) in [5.74, 6) is 2.02. The predicted octanol–water partition coefficient (Wildman–Crippen LogP) is 6.03. The van der Waals surface area contributed by atoms with E-state index < -0.39 is 0 Å². The highest BCUT2D eigenvalue weighted by molar-refractivity contribution is 5.09. The van der Waals surface area contributed by atoms with Gasteiger partial charge < -0.3 is 14.7 Å². The van der Waals surface area contributed by atoms with E-state index in [1.807, 2.05) is 0 Å². The molecular weight excluding hydrogens is 402 g/mol. The Bertz CT molecular complexity index is 705. The largest absolute Gasteiger partial charge is 0.301 e. The van der Waals surface area contributed by atoms with E-state index >= 15 is 0 Å². The molecule has 6 rings (SSSR count). The monoisotopic (exact) mass is 455 g/mol. The van der Waals surface area contributed by atoms with Gasteiger partial charge in [-0.3, -0.25) is 0 Å². The number of likely N-dealkylation sites (tertiary alicyclic amines) is 3. The van der Waals surface area contributed by atoms with Gasteiger partial charge in [-0.1, -0.05) is 0 Å². The number of hydrogen-bond acceptors (Lipinski definition) is 3. The molecule has 6 atom stereocenters. The molecule has 3 nitrogen and oxygen atoms in total. The third-order valence-electron chi connectivity index (χ3n) is 12.1. The Balaban J connectivity index is 0.951. The van der Waals surface area contributed by atoms with Crippen LogP contribution in [0.25, 0.3) is 0 Å². The Morgan fingerprint density at radius 3 is 2.00 bits per heavy atom. The van der Waals surface area contributed by atoms with Gasteiger partial charge in [0, 0.05) is 31.2 Å². The zero-order valence-electron chi connectivity index (χ0n) is 22.5. The lowest BCUT2D eigenvalue weighted by atomic mass is 9.83. The fourth-order valence-electron chi connectivity index (χ4n) is 9.19. The number of piperidine rings is 1. The van der Waals surface area contributed by atoms with Gasteiger partial charge in [-0.2, -0.15) is 0 Å². The lowest BCUT2D eigenvalue weighted by Gasteiger charge is -2.37. The van der Waals surface area contributed by atoms with Crippen molar-refractivity contribution >= 4 is 0 Å². The van der Waals surface area contributed by atoms with Crippen molar-refractivity contribution < 1.29 is 0 Å². The summed E-state index contributed by atoms with van der Waals surface area (Å²) < 4.78 is 0. The molecule has 6 fully saturated rings. The highest BCUT2D eigenvalue weighted by Gasteiger charge is 2.57. The molecule has 3 heteroatoms. The van der Waals surface area contributed by atoms with Crippen molar-refractivity contribution in [2.24, 2.45) is 28.1 Å². The Morgan fingerprint density at radius 2 is 1.30 bits per heavy atom. The lowest BCUT2D eigenvalue weighted by Crippen LogP contribution is -2.41. The molecule has 3 aliphatic carbocycles. The first-order valence-electron chi connectivity index (χ1n) is 15.0. The Morgan fingerprint density at radius 1 is 0.636 bits per heavy atom. The van der Waals surface area contributed by atoms with Crippen molar-refractivity contribution in [2.45, 2.75) is 123 Å². The van der Waals surface area contributed by atoms with Gasteiger partial charge in [0.15, 0.2) is 0 Å². The lowest BCUT2D eigenvalue weighted by molar-refractivity contribution is 0.114. The molecule has 0 aromatic rings. The first-order chi connectivity index (χ1) is 15.8. The maximum atomic E-state index is 2.92. The molecule has 3 saturated carbocycles. The van der Waals surface area contributed by atoms with Crippen LogP contribution in [-0.4, -0.2) is 72.1 Å². The maximum absolute atomic E-state index is 2.92. The fourth-order valence-corrected chi connectivity index (χ4v) is 9.19. The minimum atomic E-state index is 0.682. The van der Waals surface area contributed by atoms with Gasteiger partial charge in [-0.05, 0) is 159 Å². The molecule has 6 unspecified atom stereocenters. The zero-order valence-corrected chi connectivity index (χ0v) is 22.5. The molecule has 3 saturated heterocycles. The van der Waals surface area contributed by atoms with Crippen molar-refractivity contribution in [2.75, 3.05) is 39.3 Å². The summed E-state index contributed by atoms with van der Waals surface area (Å²) >= 11 is 0. The standard InChI is InChI=1S/C30H53N3/c1-23(2)32-16-12-30(22-32)20-27(30)18-25(4)33-15-11-29(21-33)6-5-26(19-29)17-24(3)31-13-9-28(7-8-28)10-14-31/h23-27H,5-22H2,1-4H3. The highest BCUT2D eigenvalue weighted by atomic mass is 15.2. The van der Waals surface area contributed by atoms with E-state index in [2.05, 4.69) is 42.4 Å². The van der Waals surface area contributed by atoms with E-state index in [4.69, 9.17) is 0 Å². The summed E-state index contributed by atoms with van der Waals surface area (Å²) in [5.41, 5.74) is 2.23. The average Bonchev–Trinajstić information content (AvgIpc) is 3.45. The van der Waals surface area contributed by atoms with Crippen molar-refractivity contribution in [3.8, 4) is 0 Å². The molecule has 3 heterocycles. The van der Waals surface area contributed by atoms with Crippen LogP contribution in [0.2, 0.25) is 0 Å². The molecule has 0 aromatic heterocycles. The molecule has 188 valence electrons. The summed E-state index contributed by atoms with van der Waals surface area (Å²) in [6.45, 7) is 18.2. The Hall–Kier alpha value is -0.120. The Kier molecular flexibility index (Phi) is 5.98. The predicted molar refractivity (Wildman–Crippen MR) is 138 cm³/mol. The van der Waals surface area contributed by atoms with Crippen LogP contribution in [0.3, 0.4) is 0 Å². The third kappa shape index (κ3) is 4.57. The molecule has 0 bridgehead atoms. The molecule has 0 N–H and O–H groups in total. The van der Waals surface area contributed by atoms with Crippen LogP contribution in [0.1, 0.15) is 105 Å². The van der Waals surface area contributed by atoms with Crippen LogP contribution in [0.4, 0.5) is 0 Å². The minimum Gasteiger partial charge on any atom is -0.301 e. The van der Waals surface area contributed by atoms with Crippen LogP contribution in [0.15, 0.2) is 0 Å². The first kappa shape index (κ1) is 23.3. The van der Waals surface area contributed by atoms with Crippen molar-refractivity contribution in [1.29, 1.82) is 0 Å². The van der Waals surface area contributed by atoms with Gasteiger partial charge in [0.1, 0.15) is 0 Å². The molecule has 0 amide bonds. The van der Waals surface area contributed by atoms with E-state index in [1.165, 1.54) is 116 Å². The molecule has 0 radical (unpaired) electrons. The second kappa shape index (κ2) is 8.48. The summed E-state index contributed by atoms with van der Waals surface area (Å²) in [6, 6.07) is 2.37. The highest BCUT2D eigenvalue weighted by Crippen LogP contribution is 2.61.